The summed E-state index contributed by atoms with van der Waals surface area (Å²) < 4.78 is 17.8. The number of hydrogen-bond acceptors (Lipinski definition) is 9. The third kappa shape index (κ3) is 7.66. The van der Waals surface area contributed by atoms with E-state index in [4.69, 9.17) is 24.9 Å². The molecule has 2 heterocycles. The van der Waals surface area contributed by atoms with Gasteiger partial charge in [0.15, 0.2) is 11.9 Å². The third-order valence-electron chi connectivity index (χ3n) is 6.73. The summed E-state index contributed by atoms with van der Waals surface area (Å²) in [6.45, 7) is 4.23. The molecule has 0 aliphatic rings. The Bertz CT molecular complexity index is 1560. The van der Waals surface area contributed by atoms with Crippen LogP contribution < -0.4 is 20.7 Å². The van der Waals surface area contributed by atoms with Gasteiger partial charge < -0.3 is 29.8 Å². The van der Waals surface area contributed by atoms with Crippen molar-refractivity contribution >= 4 is 34.8 Å². The lowest BCUT2D eigenvalue weighted by Crippen LogP contribution is -2.34. The maximum absolute atomic E-state index is 13.6. The maximum atomic E-state index is 13.6. The van der Waals surface area contributed by atoms with E-state index < -0.39 is 24.3 Å². The van der Waals surface area contributed by atoms with Crippen LogP contribution in [0.4, 0.5) is 10.6 Å². The normalized spacial score (nSPS) is 12.3. The predicted octanol–water partition coefficient (Wildman–Crippen LogP) is 4.41. The fraction of sp³-hybridized carbons (Fsp3) is 0.323. The van der Waals surface area contributed by atoms with Crippen LogP contribution in [-0.2, 0) is 21.3 Å². The number of nitrogens with one attached hydrogen (secondary N) is 1. The first-order valence-corrected chi connectivity index (χ1v) is 13.9. The molecule has 0 saturated heterocycles. The number of pyridine rings is 1. The SMILES string of the molecule is CCCOC(=O)NC(N)c1ccc(OC(C)c2nc3cc(C(=O)N(CCC(=O)OC)c4ccccn4)ccc3n2C)cc1. The van der Waals surface area contributed by atoms with Gasteiger partial charge in [0.2, 0.25) is 0 Å². The number of hydrogen-bond donors (Lipinski definition) is 2. The first-order valence-electron chi connectivity index (χ1n) is 13.9. The highest BCUT2D eigenvalue weighted by molar-refractivity contribution is 6.07. The monoisotopic (exact) mass is 588 g/mol. The quantitative estimate of drug-likeness (QED) is 0.181. The molecule has 43 heavy (non-hydrogen) atoms. The summed E-state index contributed by atoms with van der Waals surface area (Å²) in [5.41, 5.74) is 8.62. The molecule has 12 heteroatoms. The number of methoxy groups -OCH3 is 1. The number of rotatable bonds is 12. The number of nitrogens with two attached hydrogens (primary N) is 1. The van der Waals surface area contributed by atoms with Gasteiger partial charge in [-0.1, -0.05) is 25.1 Å². The molecule has 226 valence electrons. The van der Waals surface area contributed by atoms with Gasteiger partial charge in [-0.25, -0.2) is 14.8 Å². The summed E-state index contributed by atoms with van der Waals surface area (Å²) in [5, 5.41) is 2.59. The third-order valence-corrected chi connectivity index (χ3v) is 6.73. The summed E-state index contributed by atoms with van der Waals surface area (Å²) in [4.78, 5) is 47.7. The number of aryl methyl sites for hydroxylation is 1. The highest BCUT2D eigenvalue weighted by Gasteiger charge is 2.22. The number of imidazole rings is 1. The molecule has 0 radical (unpaired) electrons. The van der Waals surface area contributed by atoms with Crippen LogP contribution in [0.2, 0.25) is 0 Å². The second kappa shape index (κ2) is 14.3. The maximum Gasteiger partial charge on any atom is 0.408 e. The van der Waals surface area contributed by atoms with Gasteiger partial charge in [0.1, 0.15) is 17.7 Å². The number of fused-ring (bicyclic) bond motifs is 1. The molecular weight excluding hydrogens is 552 g/mol. The number of amides is 2. The van der Waals surface area contributed by atoms with Gasteiger partial charge in [-0.15, -0.1) is 0 Å². The zero-order valence-corrected chi connectivity index (χ0v) is 24.6. The molecule has 0 aliphatic carbocycles. The van der Waals surface area contributed by atoms with Crippen molar-refractivity contribution in [3.63, 3.8) is 0 Å². The van der Waals surface area contributed by atoms with E-state index in [1.54, 1.807) is 60.8 Å². The minimum atomic E-state index is -0.721. The number of ether oxygens (including phenoxy) is 3. The lowest BCUT2D eigenvalue weighted by molar-refractivity contribution is -0.140. The summed E-state index contributed by atoms with van der Waals surface area (Å²) in [7, 11) is 3.19. The second-order valence-corrected chi connectivity index (χ2v) is 9.79. The minimum Gasteiger partial charge on any atom is -0.483 e. The average molecular weight is 589 g/mol. The summed E-state index contributed by atoms with van der Waals surface area (Å²) in [5.74, 6) is 0.949. The Morgan fingerprint density at radius 1 is 1.09 bits per heavy atom. The first-order chi connectivity index (χ1) is 20.7. The number of alkyl carbamates (subject to hydrolysis) is 1. The summed E-state index contributed by atoms with van der Waals surface area (Å²) >= 11 is 0. The standard InChI is InChI=1S/C31H36N6O6/c1-5-18-42-31(40)35-28(32)21-9-12-23(13-10-21)43-20(2)29-34-24-19-22(11-14-25(24)36(29)3)30(39)37(17-15-27(38)41-4)26-8-6-7-16-33-26/h6-14,16,19-20,28H,5,15,17-18,32H2,1-4H3,(H,35,40). The molecule has 2 aromatic carbocycles. The fourth-order valence-corrected chi connectivity index (χ4v) is 4.47. The minimum absolute atomic E-state index is 0.0264. The molecule has 0 saturated carbocycles. The number of carbonyl (C=O) groups is 3. The summed E-state index contributed by atoms with van der Waals surface area (Å²) in [6, 6.07) is 17.6. The van der Waals surface area contributed by atoms with E-state index in [1.807, 2.05) is 31.5 Å². The van der Waals surface area contributed by atoms with Crippen molar-refractivity contribution in [3.05, 3.63) is 83.8 Å². The molecule has 2 amide bonds. The van der Waals surface area contributed by atoms with Gasteiger partial charge in [-0.2, -0.15) is 0 Å². The van der Waals surface area contributed by atoms with Crippen LogP contribution in [0.25, 0.3) is 11.0 Å². The van der Waals surface area contributed by atoms with Crippen LogP contribution in [0.3, 0.4) is 0 Å². The molecule has 2 aromatic heterocycles. The number of carbonyl (C=O) groups excluding carboxylic acids is 3. The fourth-order valence-electron chi connectivity index (χ4n) is 4.47. The topological polar surface area (TPSA) is 151 Å². The van der Waals surface area contributed by atoms with E-state index in [0.717, 1.165) is 11.9 Å². The molecule has 2 atom stereocenters. The van der Waals surface area contributed by atoms with E-state index in [-0.39, 0.29) is 18.9 Å². The van der Waals surface area contributed by atoms with Gasteiger partial charge in [-0.05, 0) is 61.4 Å². The van der Waals surface area contributed by atoms with Crippen molar-refractivity contribution in [2.24, 2.45) is 12.8 Å². The van der Waals surface area contributed by atoms with Crippen molar-refractivity contribution in [2.75, 3.05) is 25.2 Å². The Morgan fingerprint density at radius 2 is 1.86 bits per heavy atom. The second-order valence-electron chi connectivity index (χ2n) is 9.79. The number of esters is 1. The zero-order chi connectivity index (χ0) is 30.9. The van der Waals surface area contributed by atoms with Crippen molar-refractivity contribution in [2.45, 2.75) is 39.0 Å². The summed E-state index contributed by atoms with van der Waals surface area (Å²) in [6.07, 6.45) is 0.622. The van der Waals surface area contributed by atoms with Crippen molar-refractivity contribution in [1.29, 1.82) is 0 Å². The Labute approximate surface area is 249 Å². The van der Waals surface area contributed by atoms with Crippen LogP contribution in [-0.4, -0.2) is 52.8 Å². The van der Waals surface area contributed by atoms with E-state index in [1.165, 1.54) is 12.0 Å². The van der Waals surface area contributed by atoms with Crippen LogP contribution in [0.1, 0.15) is 60.7 Å². The van der Waals surface area contributed by atoms with Gasteiger partial charge in [-0.3, -0.25) is 14.5 Å². The Balaban J connectivity index is 1.49. The molecule has 0 spiro atoms. The van der Waals surface area contributed by atoms with Crippen molar-refractivity contribution in [3.8, 4) is 5.75 Å². The van der Waals surface area contributed by atoms with Crippen LogP contribution in [0.15, 0.2) is 66.9 Å². The number of aromatic nitrogens is 3. The van der Waals surface area contributed by atoms with Crippen LogP contribution >= 0.6 is 0 Å². The Hall–Kier alpha value is -4.97. The van der Waals surface area contributed by atoms with Crippen molar-refractivity contribution < 1.29 is 28.6 Å². The first kappa shape index (κ1) is 31.0. The van der Waals surface area contributed by atoms with E-state index in [0.29, 0.717) is 40.6 Å². The lowest BCUT2D eigenvalue weighted by Gasteiger charge is -2.21. The highest BCUT2D eigenvalue weighted by Crippen LogP contribution is 2.26. The van der Waals surface area contributed by atoms with Crippen molar-refractivity contribution in [1.82, 2.24) is 19.9 Å². The molecule has 0 aliphatic heterocycles. The van der Waals surface area contributed by atoms with Gasteiger partial charge in [0.25, 0.3) is 5.91 Å². The van der Waals surface area contributed by atoms with Gasteiger partial charge in [0, 0.05) is 25.4 Å². The van der Waals surface area contributed by atoms with Crippen LogP contribution in [0.5, 0.6) is 5.75 Å². The van der Waals surface area contributed by atoms with Crippen LogP contribution in [0, 0.1) is 0 Å². The average Bonchev–Trinajstić information content (AvgIpc) is 3.36. The Morgan fingerprint density at radius 3 is 2.53 bits per heavy atom. The zero-order valence-electron chi connectivity index (χ0n) is 24.6. The molecular formula is C31H36N6O6. The number of anilines is 1. The van der Waals surface area contributed by atoms with E-state index in [2.05, 4.69) is 10.3 Å². The van der Waals surface area contributed by atoms with Gasteiger partial charge in [0.05, 0.1) is 31.2 Å². The highest BCUT2D eigenvalue weighted by atomic mass is 16.5. The van der Waals surface area contributed by atoms with E-state index in [9.17, 15) is 14.4 Å². The smallest absolute Gasteiger partial charge is 0.408 e. The molecule has 3 N–H and O–H groups in total. The Kier molecular flexibility index (Phi) is 10.3. The molecule has 4 rings (SSSR count). The molecule has 0 bridgehead atoms. The molecule has 12 nitrogen and oxygen atoms in total. The molecule has 4 aromatic rings. The lowest BCUT2D eigenvalue weighted by atomic mass is 10.1. The van der Waals surface area contributed by atoms with E-state index >= 15 is 0 Å². The predicted molar refractivity (Wildman–Crippen MR) is 160 cm³/mol. The van der Waals surface area contributed by atoms with Gasteiger partial charge >= 0.3 is 12.1 Å². The number of benzene rings is 2. The molecule has 2 unspecified atom stereocenters. The molecule has 0 fully saturated rings. The number of nitrogens with zero attached hydrogens (tertiary/aromatic N) is 4. The largest absolute Gasteiger partial charge is 0.483 e.